The van der Waals surface area contributed by atoms with E-state index in [2.05, 4.69) is 10.2 Å². The van der Waals surface area contributed by atoms with Crippen LogP contribution in [-0.4, -0.2) is 61.4 Å². The van der Waals surface area contributed by atoms with Gasteiger partial charge in [-0.2, -0.15) is 0 Å². The van der Waals surface area contributed by atoms with E-state index in [0.717, 1.165) is 45.6 Å². The van der Waals surface area contributed by atoms with Crippen molar-refractivity contribution in [2.24, 2.45) is 5.92 Å². The highest BCUT2D eigenvalue weighted by Crippen LogP contribution is 2.19. The second kappa shape index (κ2) is 7.82. The lowest BCUT2D eigenvalue weighted by molar-refractivity contribution is -0.144. The molecule has 5 heteroatoms. The summed E-state index contributed by atoms with van der Waals surface area (Å²) in [5.74, 6) is -0.154. The van der Waals surface area contributed by atoms with Crippen molar-refractivity contribution in [2.45, 2.75) is 38.6 Å². The third-order valence-corrected chi connectivity index (χ3v) is 3.94. The summed E-state index contributed by atoms with van der Waals surface area (Å²) in [7, 11) is 1.73. The Hall–Kier alpha value is -0.650. The normalized spacial score (nSPS) is 23.4. The van der Waals surface area contributed by atoms with Crippen molar-refractivity contribution < 1.29 is 14.6 Å². The highest BCUT2D eigenvalue weighted by molar-refractivity contribution is 5.78. The summed E-state index contributed by atoms with van der Waals surface area (Å²) < 4.78 is 5.18. The molecule has 1 aliphatic rings. The SMILES string of the molecule is CCCNC(C)(CCN1CCC(COC)C1)C(=O)O. The Morgan fingerprint density at radius 3 is 2.89 bits per heavy atom. The first-order valence-corrected chi connectivity index (χ1v) is 7.21. The predicted molar refractivity (Wildman–Crippen MR) is 75.4 cm³/mol. The van der Waals surface area contributed by atoms with E-state index in [1.807, 2.05) is 6.92 Å². The van der Waals surface area contributed by atoms with E-state index >= 15 is 0 Å². The van der Waals surface area contributed by atoms with Gasteiger partial charge in [0, 0.05) is 20.2 Å². The van der Waals surface area contributed by atoms with Crippen molar-refractivity contribution in [3.63, 3.8) is 0 Å². The standard InChI is InChI=1S/C14H28N2O3/c1-4-7-15-14(2,13(17)18)6-9-16-8-5-12(10-16)11-19-3/h12,15H,4-11H2,1-3H3,(H,17,18). The molecule has 2 unspecified atom stereocenters. The molecule has 112 valence electrons. The molecule has 1 saturated heterocycles. The lowest BCUT2D eigenvalue weighted by Gasteiger charge is -2.28. The van der Waals surface area contributed by atoms with Gasteiger partial charge in [-0.1, -0.05) is 6.92 Å². The Morgan fingerprint density at radius 2 is 2.32 bits per heavy atom. The third-order valence-electron chi connectivity index (χ3n) is 3.94. The molecule has 5 nitrogen and oxygen atoms in total. The van der Waals surface area contributed by atoms with Gasteiger partial charge in [0.2, 0.25) is 0 Å². The Labute approximate surface area is 116 Å². The Kier molecular flexibility index (Phi) is 6.75. The number of nitrogens with one attached hydrogen (secondary N) is 1. The zero-order valence-corrected chi connectivity index (χ0v) is 12.4. The van der Waals surface area contributed by atoms with Crippen LogP contribution in [0.5, 0.6) is 0 Å². The lowest BCUT2D eigenvalue weighted by Crippen LogP contribution is -2.51. The summed E-state index contributed by atoms with van der Waals surface area (Å²) in [5.41, 5.74) is -0.810. The molecular weight excluding hydrogens is 244 g/mol. The average molecular weight is 272 g/mol. The number of ether oxygens (including phenoxy) is 1. The minimum absolute atomic E-state index is 0.602. The van der Waals surface area contributed by atoms with Crippen molar-refractivity contribution in [1.29, 1.82) is 0 Å². The summed E-state index contributed by atoms with van der Waals surface area (Å²) in [6.07, 6.45) is 2.74. The number of carboxylic acids is 1. The first kappa shape index (κ1) is 16.4. The molecule has 0 aromatic rings. The zero-order chi connectivity index (χ0) is 14.3. The predicted octanol–water partition coefficient (Wildman–Crippen LogP) is 1.19. The van der Waals surface area contributed by atoms with Gasteiger partial charge >= 0.3 is 5.97 Å². The fourth-order valence-electron chi connectivity index (χ4n) is 2.54. The Morgan fingerprint density at radius 1 is 1.58 bits per heavy atom. The maximum absolute atomic E-state index is 11.4. The van der Waals surface area contributed by atoms with Crippen LogP contribution in [0.4, 0.5) is 0 Å². The third kappa shape index (κ3) is 5.09. The fourth-order valence-corrected chi connectivity index (χ4v) is 2.54. The van der Waals surface area contributed by atoms with Crippen LogP contribution < -0.4 is 5.32 Å². The maximum Gasteiger partial charge on any atom is 0.323 e. The fraction of sp³-hybridized carbons (Fsp3) is 0.929. The molecule has 2 N–H and O–H groups in total. The molecule has 0 spiro atoms. The minimum atomic E-state index is -0.810. The maximum atomic E-state index is 11.4. The van der Waals surface area contributed by atoms with Gasteiger partial charge in [0.05, 0.1) is 6.61 Å². The molecule has 0 aromatic carbocycles. The van der Waals surface area contributed by atoms with Crippen molar-refractivity contribution in [2.75, 3.05) is 39.9 Å². The molecule has 0 radical (unpaired) electrons. The molecule has 0 saturated carbocycles. The van der Waals surface area contributed by atoms with Crippen LogP contribution >= 0.6 is 0 Å². The highest BCUT2D eigenvalue weighted by atomic mass is 16.5. The molecular formula is C14H28N2O3. The molecule has 0 aliphatic carbocycles. The largest absolute Gasteiger partial charge is 0.480 e. The second-order valence-electron chi connectivity index (χ2n) is 5.72. The van der Waals surface area contributed by atoms with Crippen LogP contribution in [0.3, 0.4) is 0 Å². The number of hydrogen-bond donors (Lipinski definition) is 2. The van der Waals surface area contributed by atoms with Gasteiger partial charge in [-0.05, 0) is 45.2 Å². The van der Waals surface area contributed by atoms with Gasteiger partial charge in [0.25, 0.3) is 0 Å². The summed E-state index contributed by atoms with van der Waals surface area (Å²) >= 11 is 0. The van der Waals surface area contributed by atoms with Crippen LogP contribution in [0.15, 0.2) is 0 Å². The quantitative estimate of drug-likeness (QED) is 0.660. The molecule has 0 bridgehead atoms. The van der Waals surface area contributed by atoms with Gasteiger partial charge in [0.1, 0.15) is 5.54 Å². The first-order chi connectivity index (χ1) is 9.01. The van der Waals surface area contributed by atoms with Gasteiger partial charge < -0.3 is 20.1 Å². The second-order valence-corrected chi connectivity index (χ2v) is 5.72. The van der Waals surface area contributed by atoms with Crippen LogP contribution in [0.1, 0.15) is 33.1 Å². The van der Waals surface area contributed by atoms with Crippen LogP contribution in [0.25, 0.3) is 0 Å². The van der Waals surface area contributed by atoms with Gasteiger partial charge in [-0.25, -0.2) is 0 Å². The Balaban J connectivity index is 2.38. The van der Waals surface area contributed by atoms with Crippen molar-refractivity contribution in [1.82, 2.24) is 10.2 Å². The van der Waals surface area contributed by atoms with E-state index in [1.54, 1.807) is 14.0 Å². The zero-order valence-electron chi connectivity index (χ0n) is 12.4. The van der Waals surface area contributed by atoms with E-state index in [4.69, 9.17) is 4.74 Å². The van der Waals surface area contributed by atoms with Crippen molar-refractivity contribution >= 4 is 5.97 Å². The van der Waals surface area contributed by atoms with Crippen LogP contribution in [0.2, 0.25) is 0 Å². The van der Waals surface area contributed by atoms with E-state index in [-0.39, 0.29) is 0 Å². The molecule has 2 atom stereocenters. The van der Waals surface area contributed by atoms with Crippen molar-refractivity contribution in [3.8, 4) is 0 Å². The highest BCUT2D eigenvalue weighted by Gasteiger charge is 2.33. The molecule has 1 aliphatic heterocycles. The number of methoxy groups -OCH3 is 1. The summed E-state index contributed by atoms with van der Waals surface area (Å²) in [6.45, 7) is 8.29. The summed E-state index contributed by atoms with van der Waals surface area (Å²) in [4.78, 5) is 13.7. The summed E-state index contributed by atoms with van der Waals surface area (Å²) in [5, 5.41) is 12.5. The monoisotopic (exact) mass is 272 g/mol. The van der Waals surface area contributed by atoms with Crippen molar-refractivity contribution in [3.05, 3.63) is 0 Å². The number of aliphatic carboxylic acids is 1. The first-order valence-electron chi connectivity index (χ1n) is 7.21. The molecule has 1 heterocycles. The molecule has 0 amide bonds. The number of carbonyl (C=O) groups is 1. The van der Waals surface area contributed by atoms with Gasteiger partial charge in [-0.15, -0.1) is 0 Å². The number of nitrogens with zero attached hydrogens (tertiary/aromatic N) is 1. The summed E-state index contributed by atoms with van der Waals surface area (Å²) in [6, 6.07) is 0. The van der Waals surface area contributed by atoms with E-state index in [9.17, 15) is 9.90 Å². The number of carboxylic acid groups (broad SMARTS) is 1. The molecule has 0 aromatic heterocycles. The van der Waals surface area contributed by atoms with E-state index in [1.165, 1.54) is 0 Å². The smallest absolute Gasteiger partial charge is 0.323 e. The van der Waals surface area contributed by atoms with Crippen LogP contribution in [0, 0.1) is 5.92 Å². The van der Waals surface area contributed by atoms with E-state index in [0.29, 0.717) is 12.3 Å². The Bertz CT molecular complexity index is 286. The lowest BCUT2D eigenvalue weighted by atomic mass is 9.97. The van der Waals surface area contributed by atoms with E-state index < -0.39 is 11.5 Å². The number of hydrogen-bond acceptors (Lipinski definition) is 4. The van der Waals surface area contributed by atoms with Crippen LogP contribution in [-0.2, 0) is 9.53 Å². The molecule has 19 heavy (non-hydrogen) atoms. The molecule has 1 rings (SSSR count). The van der Waals surface area contributed by atoms with Gasteiger partial charge in [-0.3, -0.25) is 4.79 Å². The molecule has 1 fully saturated rings. The average Bonchev–Trinajstić information content (AvgIpc) is 2.82. The minimum Gasteiger partial charge on any atom is -0.480 e. The van der Waals surface area contributed by atoms with Gasteiger partial charge in [0.15, 0.2) is 0 Å². The number of likely N-dealkylation sites (tertiary alicyclic amines) is 1. The topological polar surface area (TPSA) is 61.8 Å². The number of rotatable bonds is 9.